The number of aryl methyl sites for hydroxylation is 3. The van der Waals surface area contributed by atoms with Crippen LogP contribution in [0.4, 0.5) is 0 Å². The zero-order valence-electron chi connectivity index (χ0n) is 15.0. The van der Waals surface area contributed by atoms with Crippen molar-refractivity contribution in [3.63, 3.8) is 0 Å². The number of carbonyl (C=O) groups excluding carboxylic acids is 2. The molecule has 1 saturated carbocycles. The molecule has 7 heteroatoms. The molecule has 0 spiro atoms. The normalized spacial score (nSPS) is 16.9. The van der Waals surface area contributed by atoms with Gasteiger partial charge in [0.25, 0.3) is 5.91 Å². The summed E-state index contributed by atoms with van der Waals surface area (Å²) >= 11 is 1.61. The predicted molar refractivity (Wildman–Crippen MR) is 100 cm³/mol. The Morgan fingerprint density at radius 3 is 2.88 bits per heavy atom. The number of amides is 2. The van der Waals surface area contributed by atoms with Gasteiger partial charge in [0.15, 0.2) is 0 Å². The van der Waals surface area contributed by atoms with Gasteiger partial charge in [-0.2, -0.15) is 5.10 Å². The number of hydrogen-bond acceptors (Lipinski definition) is 4. The number of carbonyl (C=O) groups is 2. The van der Waals surface area contributed by atoms with Crippen molar-refractivity contribution in [2.75, 3.05) is 6.54 Å². The Balaban J connectivity index is 1.40. The number of fused-ring (bicyclic) bond motifs is 1. The highest BCUT2D eigenvalue weighted by atomic mass is 32.1. The van der Waals surface area contributed by atoms with Gasteiger partial charge in [-0.05, 0) is 38.3 Å². The third-order valence-electron chi connectivity index (χ3n) is 4.88. The second-order valence-corrected chi connectivity index (χ2v) is 8.33. The molecule has 0 atom stereocenters. The molecule has 138 valence electrons. The van der Waals surface area contributed by atoms with Crippen LogP contribution < -0.4 is 5.32 Å². The maximum absolute atomic E-state index is 12.8. The summed E-state index contributed by atoms with van der Waals surface area (Å²) in [7, 11) is 0. The van der Waals surface area contributed by atoms with Crippen LogP contribution in [-0.4, -0.2) is 39.1 Å². The molecule has 2 aliphatic rings. The van der Waals surface area contributed by atoms with Gasteiger partial charge in [0.2, 0.25) is 5.91 Å². The molecule has 4 rings (SSSR count). The van der Waals surface area contributed by atoms with E-state index < -0.39 is 0 Å². The van der Waals surface area contributed by atoms with Gasteiger partial charge in [-0.3, -0.25) is 14.3 Å². The van der Waals surface area contributed by atoms with Crippen LogP contribution in [0.1, 0.15) is 52.3 Å². The zero-order chi connectivity index (χ0) is 18.1. The van der Waals surface area contributed by atoms with E-state index in [1.165, 1.54) is 0 Å². The van der Waals surface area contributed by atoms with Gasteiger partial charge in [-0.25, -0.2) is 0 Å². The van der Waals surface area contributed by atoms with Crippen molar-refractivity contribution in [2.24, 2.45) is 0 Å². The molecular weight excluding hydrogens is 348 g/mol. The van der Waals surface area contributed by atoms with E-state index >= 15 is 0 Å². The van der Waals surface area contributed by atoms with Gasteiger partial charge in [0, 0.05) is 42.2 Å². The molecule has 0 unspecified atom stereocenters. The lowest BCUT2D eigenvalue weighted by Crippen LogP contribution is -2.30. The fraction of sp³-hybridized carbons (Fsp3) is 0.526. The van der Waals surface area contributed by atoms with Crippen molar-refractivity contribution in [1.29, 1.82) is 0 Å². The molecule has 1 aliphatic heterocycles. The topological polar surface area (TPSA) is 67.2 Å². The molecule has 1 aliphatic carbocycles. The largest absolute Gasteiger partial charge is 0.353 e. The highest BCUT2D eigenvalue weighted by molar-refractivity contribution is 7.10. The Morgan fingerprint density at radius 2 is 2.15 bits per heavy atom. The highest BCUT2D eigenvalue weighted by Crippen LogP contribution is 2.21. The second-order valence-electron chi connectivity index (χ2n) is 7.22. The van der Waals surface area contributed by atoms with E-state index in [2.05, 4.69) is 16.5 Å². The maximum atomic E-state index is 12.8. The van der Waals surface area contributed by atoms with E-state index in [-0.39, 0.29) is 11.8 Å². The number of nitrogens with one attached hydrogen (secondary N) is 1. The van der Waals surface area contributed by atoms with Crippen LogP contribution in [0.15, 0.2) is 17.5 Å². The molecule has 26 heavy (non-hydrogen) atoms. The van der Waals surface area contributed by atoms with Crippen molar-refractivity contribution in [3.8, 4) is 0 Å². The van der Waals surface area contributed by atoms with Crippen LogP contribution in [-0.2, 0) is 24.3 Å². The van der Waals surface area contributed by atoms with Gasteiger partial charge in [0.05, 0.1) is 23.5 Å². The minimum atomic E-state index is 0.0920. The summed E-state index contributed by atoms with van der Waals surface area (Å²) in [5.41, 5.74) is 2.77. The van der Waals surface area contributed by atoms with E-state index in [4.69, 9.17) is 0 Å². The summed E-state index contributed by atoms with van der Waals surface area (Å²) in [6.45, 7) is 4.16. The lowest BCUT2D eigenvalue weighted by atomic mass is 10.2. The zero-order valence-corrected chi connectivity index (χ0v) is 15.8. The van der Waals surface area contributed by atoms with Crippen LogP contribution in [0.2, 0.25) is 0 Å². The standard InChI is InChI=1S/C19H24N4O2S/c1-13-9-14(12-26-13)19(25)22-7-2-8-23-17(11-22)10-16(21-23)5-6-18(24)20-15-3-4-15/h9-10,12,15H,2-8,11H2,1H3,(H,20,24). The molecule has 0 saturated heterocycles. The SMILES string of the molecule is Cc1cc(C(=O)N2CCCn3nc(CCC(=O)NC4CC4)cc3C2)cs1. The molecular formula is C19H24N4O2S. The summed E-state index contributed by atoms with van der Waals surface area (Å²) < 4.78 is 2.00. The molecule has 1 fully saturated rings. The van der Waals surface area contributed by atoms with E-state index in [9.17, 15) is 9.59 Å². The Kier molecular flexibility index (Phi) is 4.80. The van der Waals surface area contributed by atoms with Crippen molar-refractivity contribution in [1.82, 2.24) is 20.0 Å². The summed E-state index contributed by atoms with van der Waals surface area (Å²) in [5.74, 6) is 0.203. The van der Waals surface area contributed by atoms with Crippen LogP contribution in [0.5, 0.6) is 0 Å². The van der Waals surface area contributed by atoms with Gasteiger partial charge >= 0.3 is 0 Å². The average molecular weight is 372 g/mol. The number of nitrogens with zero attached hydrogens (tertiary/aromatic N) is 3. The molecule has 2 amide bonds. The van der Waals surface area contributed by atoms with Gasteiger partial charge in [0.1, 0.15) is 0 Å². The van der Waals surface area contributed by atoms with E-state index in [0.717, 1.165) is 54.2 Å². The predicted octanol–water partition coefficient (Wildman–Crippen LogP) is 2.51. The van der Waals surface area contributed by atoms with E-state index in [1.807, 2.05) is 28.0 Å². The first kappa shape index (κ1) is 17.3. The van der Waals surface area contributed by atoms with E-state index in [0.29, 0.717) is 25.4 Å². The number of aromatic nitrogens is 2. The highest BCUT2D eigenvalue weighted by Gasteiger charge is 2.24. The number of rotatable bonds is 5. The average Bonchev–Trinajstić information content (AvgIpc) is 3.25. The first-order chi connectivity index (χ1) is 12.6. The first-order valence-corrected chi connectivity index (χ1v) is 10.2. The van der Waals surface area contributed by atoms with Crippen LogP contribution in [0.3, 0.4) is 0 Å². The smallest absolute Gasteiger partial charge is 0.255 e. The summed E-state index contributed by atoms with van der Waals surface area (Å²) in [6, 6.07) is 4.41. The van der Waals surface area contributed by atoms with Crippen LogP contribution in [0, 0.1) is 6.92 Å². The summed E-state index contributed by atoms with van der Waals surface area (Å²) in [6.07, 6.45) is 4.24. The van der Waals surface area contributed by atoms with Crippen LogP contribution in [0.25, 0.3) is 0 Å². The lowest BCUT2D eigenvalue weighted by Gasteiger charge is -2.19. The van der Waals surface area contributed by atoms with Crippen molar-refractivity contribution >= 4 is 23.2 Å². The summed E-state index contributed by atoms with van der Waals surface area (Å²) in [5, 5.41) is 9.60. The van der Waals surface area contributed by atoms with Gasteiger partial charge in [-0.15, -0.1) is 11.3 Å². The Labute approximate surface area is 157 Å². The fourth-order valence-corrected chi connectivity index (χ4v) is 4.00. The molecule has 2 aromatic rings. The number of hydrogen-bond donors (Lipinski definition) is 1. The molecule has 0 bridgehead atoms. The molecule has 2 aromatic heterocycles. The second kappa shape index (κ2) is 7.23. The van der Waals surface area contributed by atoms with Crippen LogP contribution >= 0.6 is 11.3 Å². The summed E-state index contributed by atoms with van der Waals surface area (Å²) in [4.78, 5) is 27.7. The third-order valence-corrected chi connectivity index (χ3v) is 5.74. The minimum absolute atomic E-state index is 0.0920. The quantitative estimate of drug-likeness (QED) is 0.877. The monoisotopic (exact) mass is 372 g/mol. The van der Waals surface area contributed by atoms with Gasteiger partial charge in [-0.1, -0.05) is 0 Å². The minimum Gasteiger partial charge on any atom is -0.353 e. The third kappa shape index (κ3) is 3.98. The molecule has 1 N–H and O–H groups in total. The maximum Gasteiger partial charge on any atom is 0.255 e. The van der Waals surface area contributed by atoms with E-state index in [1.54, 1.807) is 11.3 Å². The Morgan fingerprint density at radius 1 is 1.31 bits per heavy atom. The molecule has 6 nitrogen and oxygen atoms in total. The Hall–Kier alpha value is -2.15. The Bertz CT molecular complexity index is 821. The molecule has 3 heterocycles. The lowest BCUT2D eigenvalue weighted by molar-refractivity contribution is -0.121. The molecule has 0 radical (unpaired) electrons. The number of thiophene rings is 1. The van der Waals surface area contributed by atoms with Crippen molar-refractivity contribution in [2.45, 2.75) is 58.2 Å². The van der Waals surface area contributed by atoms with Gasteiger partial charge < -0.3 is 10.2 Å². The molecule has 0 aromatic carbocycles. The fourth-order valence-electron chi connectivity index (χ4n) is 3.32. The van der Waals surface area contributed by atoms with Crippen molar-refractivity contribution < 1.29 is 9.59 Å². The first-order valence-electron chi connectivity index (χ1n) is 9.28. The van der Waals surface area contributed by atoms with Crippen molar-refractivity contribution in [3.05, 3.63) is 39.3 Å².